The number of amides is 2. The molecule has 0 aliphatic rings. The van der Waals surface area contributed by atoms with Crippen molar-refractivity contribution in [1.29, 1.82) is 0 Å². The van der Waals surface area contributed by atoms with Crippen LogP contribution in [0.4, 0.5) is 5.69 Å². The molecule has 0 saturated carbocycles. The van der Waals surface area contributed by atoms with Gasteiger partial charge in [0.25, 0.3) is 5.91 Å². The fourth-order valence-electron chi connectivity index (χ4n) is 2.85. The van der Waals surface area contributed by atoms with Crippen molar-refractivity contribution in [3.63, 3.8) is 0 Å². The summed E-state index contributed by atoms with van der Waals surface area (Å²) in [5, 5.41) is 5.61. The predicted octanol–water partition coefficient (Wildman–Crippen LogP) is 5.95. The molecule has 30 heavy (non-hydrogen) atoms. The van der Waals surface area contributed by atoms with Gasteiger partial charge in [-0.25, -0.2) is 0 Å². The molecule has 0 heterocycles. The second-order valence-electron chi connectivity index (χ2n) is 6.66. The normalized spacial score (nSPS) is 11.5. The minimum atomic E-state index is -0.431. The summed E-state index contributed by atoms with van der Waals surface area (Å²) in [4.78, 5) is 26.3. The fraction of sp³-hybridized carbons (Fsp3) is 0.167. The number of anilines is 1. The lowest BCUT2D eigenvalue weighted by molar-refractivity contribution is -0.115. The maximum atomic E-state index is 13.1. The van der Waals surface area contributed by atoms with E-state index in [1.165, 1.54) is 11.8 Å². The predicted molar refractivity (Wildman–Crippen MR) is 124 cm³/mol. The molecule has 0 aliphatic heterocycles. The molecule has 0 radical (unpaired) electrons. The summed E-state index contributed by atoms with van der Waals surface area (Å²) in [5.41, 5.74) is 1.85. The third-order valence-electron chi connectivity index (χ3n) is 4.35. The van der Waals surface area contributed by atoms with E-state index in [-0.39, 0.29) is 11.8 Å². The van der Waals surface area contributed by atoms with Gasteiger partial charge in [-0.15, -0.1) is 11.8 Å². The second kappa shape index (κ2) is 10.9. The average Bonchev–Trinajstić information content (AvgIpc) is 2.77. The van der Waals surface area contributed by atoms with Crippen LogP contribution in [0.5, 0.6) is 0 Å². The topological polar surface area (TPSA) is 58.2 Å². The van der Waals surface area contributed by atoms with E-state index >= 15 is 0 Å². The molecule has 3 aromatic rings. The van der Waals surface area contributed by atoms with Crippen molar-refractivity contribution in [2.75, 3.05) is 11.9 Å². The highest BCUT2D eigenvalue weighted by Crippen LogP contribution is 2.36. The van der Waals surface area contributed by atoms with E-state index in [1.54, 1.807) is 18.2 Å². The maximum absolute atomic E-state index is 13.1. The van der Waals surface area contributed by atoms with Gasteiger partial charge in [-0.2, -0.15) is 0 Å². The number of halogens is 1. The molecule has 4 nitrogen and oxygen atoms in total. The van der Waals surface area contributed by atoms with Crippen LogP contribution in [0.3, 0.4) is 0 Å². The second-order valence-corrected chi connectivity index (χ2v) is 8.25. The van der Waals surface area contributed by atoms with Crippen molar-refractivity contribution in [3.05, 3.63) is 95.0 Å². The first-order chi connectivity index (χ1) is 14.6. The molecule has 0 saturated heterocycles. The minimum Gasteiger partial charge on any atom is -0.352 e. The van der Waals surface area contributed by atoms with Gasteiger partial charge in [-0.3, -0.25) is 9.59 Å². The molecule has 0 aliphatic carbocycles. The highest BCUT2D eigenvalue weighted by molar-refractivity contribution is 8.00. The first-order valence-corrected chi connectivity index (χ1v) is 11.0. The molecule has 0 aromatic heterocycles. The van der Waals surface area contributed by atoms with Crippen LogP contribution < -0.4 is 10.6 Å². The van der Waals surface area contributed by atoms with Gasteiger partial charge >= 0.3 is 0 Å². The summed E-state index contributed by atoms with van der Waals surface area (Å²) in [6.07, 6.45) is 0.845. The largest absolute Gasteiger partial charge is 0.352 e. The Hall–Kier alpha value is -2.76. The molecular formula is C24H23ClN2O2S. The fourth-order valence-corrected chi connectivity index (χ4v) is 4.17. The highest BCUT2D eigenvalue weighted by Gasteiger charge is 2.22. The van der Waals surface area contributed by atoms with Crippen molar-refractivity contribution < 1.29 is 9.59 Å². The molecule has 0 unspecified atom stereocenters. The molecule has 154 valence electrons. The van der Waals surface area contributed by atoms with E-state index in [0.29, 0.717) is 22.8 Å². The summed E-state index contributed by atoms with van der Waals surface area (Å²) < 4.78 is 0. The van der Waals surface area contributed by atoms with Crippen LogP contribution in [0, 0.1) is 0 Å². The van der Waals surface area contributed by atoms with Gasteiger partial charge in [0.1, 0.15) is 5.25 Å². The van der Waals surface area contributed by atoms with E-state index < -0.39 is 5.25 Å². The van der Waals surface area contributed by atoms with E-state index in [0.717, 1.165) is 16.9 Å². The van der Waals surface area contributed by atoms with Crippen LogP contribution in [-0.4, -0.2) is 18.4 Å². The first-order valence-electron chi connectivity index (χ1n) is 9.73. The number of hydrogen-bond acceptors (Lipinski definition) is 3. The summed E-state index contributed by atoms with van der Waals surface area (Å²) in [7, 11) is 0. The third kappa shape index (κ3) is 5.88. The van der Waals surface area contributed by atoms with Gasteiger partial charge < -0.3 is 10.6 Å². The molecule has 3 aromatic carbocycles. The maximum Gasteiger partial charge on any atom is 0.252 e. The Bertz CT molecular complexity index is 997. The molecule has 0 bridgehead atoms. The minimum absolute atomic E-state index is 0.158. The van der Waals surface area contributed by atoms with Gasteiger partial charge in [0, 0.05) is 17.1 Å². The number of thioether (sulfide) groups is 1. The SMILES string of the molecule is CCCNC(=O)c1ccc(NC(=O)[C@@H](Sc2ccccc2)c2ccccc2)cc1Cl. The molecule has 0 fully saturated rings. The third-order valence-corrected chi connectivity index (χ3v) is 5.93. The Kier molecular flexibility index (Phi) is 7.94. The summed E-state index contributed by atoms with van der Waals surface area (Å²) in [6, 6.07) is 24.4. The van der Waals surface area contributed by atoms with Crippen LogP contribution in [0.1, 0.15) is 34.5 Å². The van der Waals surface area contributed by atoms with Gasteiger partial charge in [-0.05, 0) is 42.3 Å². The average molecular weight is 439 g/mol. The quantitative estimate of drug-likeness (QED) is 0.427. The Morgan fingerprint density at radius 1 is 0.967 bits per heavy atom. The Labute approximate surface area is 186 Å². The molecular weight excluding hydrogens is 416 g/mol. The van der Waals surface area contributed by atoms with Gasteiger partial charge in [-0.1, -0.05) is 67.1 Å². The van der Waals surface area contributed by atoms with Crippen molar-refractivity contribution >= 4 is 40.9 Å². The highest BCUT2D eigenvalue weighted by atomic mass is 35.5. The van der Waals surface area contributed by atoms with Crippen LogP contribution >= 0.6 is 23.4 Å². The number of nitrogens with one attached hydrogen (secondary N) is 2. The van der Waals surface area contributed by atoms with E-state index in [9.17, 15) is 9.59 Å². The summed E-state index contributed by atoms with van der Waals surface area (Å²) >= 11 is 7.78. The lowest BCUT2D eigenvalue weighted by atomic mass is 10.1. The smallest absolute Gasteiger partial charge is 0.252 e. The molecule has 6 heteroatoms. The summed E-state index contributed by atoms with van der Waals surface area (Å²) in [6.45, 7) is 2.57. The van der Waals surface area contributed by atoms with Gasteiger partial charge in [0.2, 0.25) is 5.91 Å². The first kappa shape index (κ1) is 21.9. The van der Waals surface area contributed by atoms with Crippen molar-refractivity contribution in [2.45, 2.75) is 23.5 Å². The van der Waals surface area contributed by atoms with Gasteiger partial charge in [0.05, 0.1) is 10.6 Å². The zero-order chi connectivity index (χ0) is 21.3. The lowest BCUT2D eigenvalue weighted by Gasteiger charge is -2.17. The molecule has 3 rings (SSSR count). The van der Waals surface area contributed by atoms with E-state index in [4.69, 9.17) is 11.6 Å². The van der Waals surface area contributed by atoms with Crippen LogP contribution in [0.15, 0.2) is 83.8 Å². The monoisotopic (exact) mass is 438 g/mol. The number of benzene rings is 3. The standard InChI is InChI=1S/C24H23ClN2O2S/c1-2-15-26-23(28)20-14-13-18(16-21(20)25)27-24(29)22(17-9-5-3-6-10-17)30-19-11-7-4-8-12-19/h3-14,16,22H,2,15H2,1H3,(H,26,28)(H,27,29)/t22-/m0/s1. The number of rotatable bonds is 8. The lowest BCUT2D eigenvalue weighted by Crippen LogP contribution is -2.24. The Balaban J connectivity index is 1.78. The molecule has 2 amide bonds. The van der Waals surface area contributed by atoms with Crippen LogP contribution in [0.25, 0.3) is 0 Å². The van der Waals surface area contributed by atoms with Crippen molar-refractivity contribution in [2.24, 2.45) is 0 Å². The zero-order valence-corrected chi connectivity index (χ0v) is 18.2. The molecule has 0 spiro atoms. The van der Waals surface area contributed by atoms with Crippen molar-refractivity contribution in [1.82, 2.24) is 5.32 Å². The number of carbonyl (C=O) groups is 2. The van der Waals surface area contributed by atoms with Crippen LogP contribution in [-0.2, 0) is 4.79 Å². The van der Waals surface area contributed by atoms with E-state index in [1.807, 2.05) is 67.6 Å². The molecule has 1 atom stereocenters. The molecule has 2 N–H and O–H groups in total. The zero-order valence-electron chi connectivity index (χ0n) is 16.6. The van der Waals surface area contributed by atoms with Gasteiger partial charge in [0.15, 0.2) is 0 Å². The Morgan fingerprint density at radius 3 is 2.27 bits per heavy atom. The summed E-state index contributed by atoms with van der Waals surface area (Å²) in [5.74, 6) is -0.379. The van der Waals surface area contributed by atoms with E-state index in [2.05, 4.69) is 10.6 Å². The number of carbonyl (C=O) groups excluding carboxylic acids is 2. The Morgan fingerprint density at radius 2 is 1.63 bits per heavy atom. The van der Waals surface area contributed by atoms with Crippen molar-refractivity contribution in [3.8, 4) is 0 Å². The van der Waals surface area contributed by atoms with Crippen LogP contribution in [0.2, 0.25) is 5.02 Å². The number of hydrogen-bond donors (Lipinski definition) is 2.